The lowest BCUT2D eigenvalue weighted by Crippen LogP contribution is -2.15. The summed E-state index contributed by atoms with van der Waals surface area (Å²) in [5.41, 5.74) is 4.59. The molecule has 1 unspecified atom stereocenters. The third-order valence-electron chi connectivity index (χ3n) is 6.34. The zero-order valence-electron chi connectivity index (χ0n) is 17.9. The molecule has 2 aromatic heterocycles. The maximum atomic E-state index is 6.47. The Bertz CT molecular complexity index is 1710. The topological polar surface area (TPSA) is 52.3 Å². The third kappa shape index (κ3) is 2.84. The summed E-state index contributed by atoms with van der Waals surface area (Å²) in [6.45, 7) is 0. The fourth-order valence-corrected chi connectivity index (χ4v) is 5.02. The zero-order valence-corrected chi connectivity index (χ0v) is 18.6. The van der Waals surface area contributed by atoms with E-state index < -0.39 is 0 Å². The van der Waals surface area contributed by atoms with Gasteiger partial charge in [0.15, 0.2) is 11.5 Å². The van der Waals surface area contributed by atoms with E-state index in [1.807, 2.05) is 42.5 Å². The van der Waals surface area contributed by atoms with E-state index in [2.05, 4.69) is 58.6 Å². The summed E-state index contributed by atoms with van der Waals surface area (Å²) in [5, 5.41) is 7.48. The highest BCUT2D eigenvalue weighted by Gasteiger charge is 2.34. The second-order valence-electron chi connectivity index (χ2n) is 8.30. The molecule has 0 spiro atoms. The van der Waals surface area contributed by atoms with Crippen molar-refractivity contribution in [1.29, 1.82) is 0 Å². The smallest absolute Gasteiger partial charge is 0.228 e. The van der Waals surface area contributed by atoms with Crippen molar-refractivity contribution >= 4 is 28.0 Å². The van der Waals surface area contributed by atoms with Gasteiger partial charge in [0.1, 0.15) is 12.1 Å². The summed E-state index contributed by atoms with van der Waals surface area (Å²) in [7, 11) is 0. The number of rotatable bonds is 2. The summed E-state index contributed by atoms with van der Waals surface area (Å²) in [6, 6.07) is 30.5. The fourth-order valence-electron chi connectivity index (χ4n) is 4.80. The van der Waals surface area contributed by atoms with E-state index in [0.717, 1.165) is 38.8 Å². The first-order chi connectivity index (χ1) is 16.8. The molecule has 1 aliphatic heterocycles. The van der Waals surface area contributed by atoms with Crippen LogP contribution < -0.4 is 4.74 Å². The highest BCUT2D eigenvalue weighted by molar-refractivity contribution is 6.33. The summed E-state index contributed by atoms with van der Waals surface area (Å²) >= 11 is 6.45. The number of ether oxygens (including phenoxy) is 1. The molecule has 0 saturated heterocycles. The van der Waals surface area contributed by atoms with Crippen LogP contribution in [0.5, 0.6) is 11.6 Å². The van der Waals surface area contributed by atoms with Crippen LogP contribution in [-0.4, -0.2) is 19.6 Å². The Labute approximate surface area is 200 Å². The molecule has 6 heteroatoms. The molecular weight excluding hydrogens is 444 g/mol. The van der Waals surface area contributed by atoms with Crippen LogP contribution >= 0.6 is 11.6 Å². The predicted molar refractivity (Wildman–Crippen MR) is 133 cm³/mol. The molecule has 0 N–H and O–H groups in total. The van der Waals surface area contributed by atoms with Crippen LogP contribution in [0, 0.1) is 0 Å². The number of aromatic nitrogens is 4. The normalized spacial score (nSPS) is 14.6. The van der Waals surface area contributed by atoms with Gasteiger partial charge in [0, 0.05) is 22.4 Å². The van der Waals surface area contributed by atoms with Gasteiger partial charge in [0.05, 0.1) is 10.6 Å². The van der Waals surface area contributed by atoms with Gasteiger partial charge < -0.3 is 4.74 Å². The zero-order chi connectivity index (χ0) is 22.6. The molecule has 5 nitrogen and oxygen atoms in total. The molecule has 162 valence electrons. The molecule has 0 amide bonds. The van der Waals surface area contributed by atoms with Gasteiger partial charge in [-0.15, -0.1) is 5.10 Å². The quantitative estimate of drug-likeness (QED) is 0.282. The van der Waals surface area contributed by atoms with E-state index >= 15 is 0 Å². The van der Waals surface area contributed by atoms with Crippen LogP contribution in [0.1, 0.15) is 22.6 Å². The first-order valence-electron chi connectivity index (χ1n) is 11.0. The Morgan fingerprint density at radius 1 is 0.824 bits per heavy atom. The Hall–Kier alpha value is -4.22. The molecule has 0 fully saturated rings. The van der Waals surface area contributed by atoms with Crippen molar-refractivity contribution in [2.75, 3.05) is 0 Å². The summed E-state index contributed by atoms with van der Waals surface area (Å²) < 4.78 is 8.18. The molecule has 7 rings (SSSR count). The van der Waals surface area contributed by atoms with Crippen molar-refractivity contribution in [2.45, 2.75) is 5.92 Å². The molecule has 0 radical (unpaired) electrons. The summed E-state index contributed by atoms with van der Waals surface area (Å²) in [4.78, 5) is 9.58. The van der Waals surface area contributed by atoms with E-state index in [9.17, 15) is 0 Å². The minimum absolute atomic E-state index is 0.107. The molecule has 0 saturated carbocycles. The molecule has 0 bridgehead atoms. The van der Waals surface area contributed by atoms with Crippen LogP contribution in [0.4, 0.5) is 0 Å². The second-order valence-corrected chi connectivity index (χ2v) is 8.70. The standard InChI is InChI=1S/C28H17ClN4O/c29-22-13-7-6-12-20(22)26-31-27-24-23(18-9-2-1-3-10-18)21-15-14-17-8-4-5-11-19(17)25(21)34-28(24)30-16-33(27)32-26/h1-16,23H. The molecule has 6 aromatic rings. The number of halogens is 1. The Kier molecular flexibility index (Phi) is 4.19. The van der Waals surface area contributed by atoms with Gasteiger partial charge in [-0.1, -0.05) is 90.5 Å². The first-order valence-corrected chi connectivity index (χ1v) is 11.4. The van der Waals surface area contributed by atoms with E-state index in [-0.39, 0.29) is 5.92 Å². The van der Waals surface area contributed by atoms with Gasteiger partial charge >= 0.3 is 0 Å². The van der Waals surface area contributed by atoms with E-state index in [0.29, 0.717) is 22.4 Å². The van der Waals surface area contributed by atoms with E-state index in [1.165, 1.54) is 0 Å². The maximum absolute atomic E-state index is 6.47. The van der Waals surface area contributed by atoms with E-state index in [4.69, 9.17) is 21.3 Å². The number of benzene rings is 4. The number of fused-ring (bicyclic) bond motifs is 6. The lowest BCUT2D eigenvalue weighted by Gasteiger charge is -2.28. The largest absolute Gasteiger partial charge is 0.438 e. The average Bonchev–Trinajstić information content (AvgIpc) is 3.32. The lowest BCUT2D eigenvalue weighted by molar-refractivity contribution is 0.437. The molecule has 4 aromatic carbocycles. The first kappa shape index (κ1) is 19.3. The Morgan fingerprint density at radius 2 is 1.62 bits per heavy atom. The van der Waals surface area contributed by atoms with Crippen LogP contribution in [0.25, 0.3) is 27.8 Å². The van der Waals surface area contributed by atoms with Crippen molar-refractivity contribution in [3.63, 3.8) is 0 Å². The maximum Gasteiger partial charge on any atom is 0.228 e. The van der Waals surface area contributed by atoms with Crippen LogP contribution in [-0.2, 0) is 0 Å². The third-order valence-corrected chi connectivity index (χ3v) is 6.67. The monoisotopic (exact) mass is 460 g/mol. The van der Waals surface area contributed by atoms with Gasteiger partial charge in [-0.2, -0.15) is 0 Å². The highest BCUT2D eigenvalue weighted by atomic mass is 35.5. The number of hydrogen-bond donors (Lipinski definition) is 0. The minimum Gasteiger partial charge on any atom is -0.438 e. The molecular formula is C28H17ClN4O. The molecule has 34 heavy (non-hydrogen) atoms. The predicted octanol–water partition coefficient (Wildman–Crippen LogP) is 6.88. The highest BCUT2D eigenvalue weighted by Crippen LogP contribution is 2.50. The van der Waals surface area contributed by atoms with Crippen LogP contribution in [0.15, 0.2) is 97.3 Å². The number of hydrogen-bond acceptors (Lipinski definition) is 4. The second kappa shape index (κ2) is 7.40. The van der Waals surface area contributed by atoms with Crippen molar-refractivity contribution < 1.29 is 4.74 Å². The van der Waals surface area contributed by atoms with Crippen molar-refractivity contribution in [3.05, 3.63) is 119 Å². The van der Waals surface area contributed by atoms with Crippen molar-refractivity contribution in [2.24, 2.45) is 0 Å². The van der Waals surface area contributed by atoms with Gasteiger partial charge in [0.2, 0.25) is 5.88 Å². The SMILES string of the molecule is Clc1ccccc1-c1nc2c3c(ncn2n1)Oc1c(ccc2ccccc12)C3c1ccccc1. The average molecular weight is 461 g/mol. The molecule has 1 atom stereocenters. The van der Waals surface area contributed by atoms with Crippen molar-refractivity contribution in [1.82, 2.24) is 19.6 Å². The Balaban J connectivity index is 1.53. The number of nitrogens with zero attached hydrogens (tertiary/aromatic N) is 4. The molecule has 0 aliphatic carbocycles. The van der Waals surface area contributed by atoms with Gasteiger partial charge in [-0.05, 0) is 23.1 Å². The van der Waals surface area contributed by atoms with Crippen LogP contribution in [0.3, 0.4) is 0 Å². The van der Waals surface area contributed by atoms with Gasteiger partial charge in [-0.3, -0.25) is 0 Å². The summed E-state index contributed by atoms with van der Waals surface area (Å²) in [5.74, 6) is 1.83. The lowest BCUT2D eigenvalue weighted by atomic mass is 9.83. The minimum atomic E-state index is -0.107. The van der Waals surface area contributed by atoms with Gasteiger partial charge in [0.25, 0.3) is 0 Å². The van der Waals surface area contributed by atoms with Gasteiger partial charge in [-0.25, -0.2) is 14.5 Å². The fraction of sp³-hybridized carbons (Fsp3) is 0.0357. The van der Waals surface area contributed by atoms with Crippen molar-refractivity contribution in [3.8, 4) is 23.0 Å². The van der Waals surface area contributed by atoms with Crippen LogP contribution in [0.2, 0.25) is 5.02 Å². The Morgan fingerprint density at radius 3 is 2.50 bits per heavy atom. The molecule has 3 heterocycles. The summed E-state index contributed by atoms with van der Waals surface area (Å²) in [6.07, 6.45) is 1.65. The van der Waals surface area contributed by atoms with E-state index in [1.54, 1.807) is 10.8 Å². The molecule has 1 aliphatic rings.